The number of hydrogen-bond donors (Lipinski definition) is 0. The molecule has 3 heteroatoms. The van der Waals surface area contributed by atoms with Gasteiger partial charge in [0.1, 0.15) is 0 Å². The van der Waals surface area contributed by atoms with Gasteiger partial charge >= 0.3 is 0 Å². The normalized spacial score (nSPS) is 20.4. The molecule has 1 atom stereocenters. The average Bonchev–Trinajstić information content (AvgIpc) is 3.29. The highest BCUT2D eigenvalue weighted by atomic mass is 16.2. The molecule has 2 heterocycles. The summed E-state index contributed by atoms with van der Waals surface area (Å²) in [6.45, 7) is 5.29. The summed E-state index contributed by atoms with van der Waals surface area (Å²) in [5, 5.41) is 0. The van der Waals surface area contributed by atoms with Crippen LogP contribution in [0.25, 0.3) is 11.1 Å². The fourth-order valence-electron chi connectivity index (χ4n) is 4.67. The third kappa shape index (κ3) is 5.02. The monoisotopic (exact) mass is 376 g/mol. The van der Waals surface area contributed by atoms with E-state index in [1.807, 2.05) is 0 Å². The SMILES string of the molecule is O=C(CCC1CCCN(Cc2ccc(-c3ccccc3)cc2)C1)N1CCCC1. The van der Waals surface area contributed by atoms with E-state index < -0.39 is 0 Å². The summed E-state index contributed by atoms with van der Waals surface area (Å²) < 4.78 is 0. The van der Waals surface area contributed by atoms with E-state index in [9.17, 15) is 4.79 Å². The largest absolute Gasteiger partial charge is 0.343 e. The number of hydrogen-bond acceptors (Lipinski definition) is 2. The Balaban J connectivity index is 1.27. The lowest BCUT2D eigenvalue weighted by Gasteiger charge is -2.33. The number of piperidine rings is 1. The van der Waals surface area contributed by atoms with Crippen molar-refractivity contribution in [1.82, 2.24) is 9.80 Å². The fourth-order valence-corrected chi connectivity index (χ4v) is 4.67. The minimum Gasteiger partial charge on any atom is -0.343 e. The van der Waals surface area contributed by atoms with Gasteiger partial charge in [-0.15, -0.1) is 0 Å². The second-order valence-corrected chi connectivity index (χ2v) is 8.43. The smallest absolute Gasteiger partial charge is 0.222 e. The second-order valence-electron chi connectivity index (χ2n) is 8.43. The van der Waals surface area contributed by atoms with E-state index in [2.05, 4.69) is 64.4 Å². The van der Waals surface area contributed by atoms with Gasteiger partial charge in [0, 0.05) is 32.6 Å². The lowest BCUT2D eigenvalue weighted by Crippen LogP contribution is -2.35. The predicted molar refractivity (Wildman–Crippen MR) is 115 cm³/mol. The Labute approximate surface area is 169 Å². The minimum atomic E-state index is 0.381. The molecule has 2 aliphatic rings. The topological polar surface area (TPSA) is 23.6 Å². The van der Waals surface area contributed by atoms with Gasteiger partial charge in [-0.05, 0) is 61.3 Å². The van der Waals surface area contributed by atoms with Crippen LogP contribution in [0.2, 0.25) is 0 Å². The van der Waals surface area contributed by atoms with Crippen molar-refractivity contribution in [3.05, 3.63) is 60.2 Å². The first-order valence-electron chi connectivity index (χ1n) is 10.9. The molecule has 0 spiro atoms. The Morgan fingerprint density at radius 1 is 0.857 bits per heavy atom. The van der Waals surface area contributed by atoms with Gasteiger partial charge in [-0.1, -0.05) is 54.6 Å². The molecule has 1 unspecified atom stereocenters. The molecule has 1 amide bonds. The third-order valence-corrected chi connectivity index (χ3v) is 6.30. The zero-order chi connectivity index (χ0) is 19.2. The zero-order valence-electron chi connectivity index (χ0n) is 16.9. The number of benzene rings is 2. The standard InChI is InChI=1S/C25H32N2O/c28-25(27-17-4-5-18-27)15-12-21-7-6-16-26(19-21)20-22-10-13-24(14-11-22)23-8-2-1-3-9-23/h1-3,8-11,13-14,21H,4-7,12,15-20H2. The predicted octanol–water partition coefficient (Wildman–Crippen LogP) is 4.97. The van der Waals surface area contributed by atoms with Crippen LogP contribution in [0.4, 0.5) is 0 Å². The van der Waals surface area contributed by atoms with Crippen LogP contribution in [0.15, 0.2) is 54.6 Å². The third-order valence-electron chi connectivity index (χ3n) is 6.30. The molecule has 0 saturated carbocycles. The van der Waals surface area contributed by atoms with Gasteiger partial charge in [-0.25, -0.2) is 0 Å². The van der Waals surface area contributed by atoms with Gasteiger partial charge < -0.3 is 4.90 Å². The fraction of sp³-hybridized carbons (Fsp3) is 0.480. The number of amides is 1. The van der Waals surface area contributed by atoms with Crippen molar-refractivity contribution in [3.63, 3.8) is 0 Å². The molecule has 2 saturated heterocycles. The molecule has 2 aliphatic heterocycles. The summed E-state index contributed by atoms with van der Waals surface area (Å²) in [7, 11) is 0. The maximum atomic E-state index is 12.3. The quantitative estimate of drug-likeness (QED) is 0.711. The molecule has 148 valence electrons. The minimum absolute atomic E-state index is 0.381. The zero-order valence-corrected chi connectivity index (χ0v) is 16.9. The van der Waals surface area contributed by atoms with Crippen molar-refractivity contribution in [2.75, 3.05) is 26.2 Å². The van der Waals surface area contributed by atoms with Crippen molar-refractivity contribution >= 4 is 5.91 Å². The molecule has 0 aromatic heterocycles. The molecule has 0 bridgehead atoms. The highest BCUT2D eigenvalue weighted by Crippen LogP contribution is 2.24. The van der Waals surface area contributed by atoms with Gasteiger partial charge in [0.15, 0.2) is 0 Å². The summed E-state index contributed by atoms with van der Waals surface area (Å²) in [5.41, 5.74) is 3.93. The molecule has 28 heavy (non-hydrogen) atoms. The Bertz CT molecular complexity index is 750. The molecule has 4 rings (SSSR count). The van der Waals surface area contributed by atoms with E-state index in [1.165, 1.54) is 48.9 Å². The first kappa shape index (κ1) is 19.2. The van der Waals surface area contributed by atoms with E-state index in [0.29, 0.717) is 11.8 Å². The Morgan fingerprint density at radius 2 is 1.57 bits per heavy atom. The average molecular weight is 377 g/mol. The highest BCUT2D eigenvalue weighted by Gasteiger charge is 2.23. The lowest BCUT2D eigenvalue weighted by atomic mass is 9.92. The molecule has 2 aromatic carbocycles. The number of carbonyl (C=O) groups excluding carboxylic acids is 1. The van der Waals surface area contributed by atoms with Gasteiger partial charge in [0.2, 0.25) is 5.91 Å². The van der Waals surface area contributed by atoms with Gasteiger partial charge in [-0.3, -0.25) is 9.69 Å². The van der Waals surface area contributed by atoms with Crippen molar-refractivity contribution in [2.24, 2.45) is 5.92 Å². The molecule has 0 radical (unpaired) electrons. The number of nitrogens with zero attached hydrogens (tertiary/aromatic N) is 2. The van der Waals surface area contributed by atoms with Gasteiger partial charge in [-0.2, -0.15) is 0 Å². The first-order chi connectivity index (χ1) is 13.8. The van der Waals surface area contributed by atoms with Crippen LogP contribution in [-0.2, 0) is 11.3 Å². The van der Waals surface area contributed by atoms with E-state index in [1.54, 1.807) is 0 Å². The van der Waals surface area contributed by atoms with E-state index in [4.69, 9.17) is 0 Å². The number of rotatable bonds is 6. The Hall–Kier alpha value is -2.13. The van der Waals surface area contributed by atoms with Crippen molar-refractivity contribution in [2.45, 2.75) is 45.1 Å². The Morgan fingerprint density at radius 3 is 2.32 bits per heavy atom. The van der Waals surface area contributed by atoms with Crippen LogP contribution in [-0.4, -0.2) is 41.9 Å². The summed E-state index contributed by atoms with van der Waals surface area (Å²) in [4.78, 5) is 17.0. The van der Waals surface area contributed by atoms with Crippen LogP contribution in [0, 0.1) is 5.92 Å². The molecule has 0 N–H and O–H groups in total. The maximum Gasteiger partial charge on any atom is 0.222 e. The number of likely N-dealkylation sites (tertiary alicyclic amines) is 2. The van der Waals surface area contributed by atoms with Crippen molar-refractivity contribution in [1.29, 1.82) is 0 Å². The molecular weight excluding hydrogens is 344 g/mol. The second kappa shape index (κ2) is 9.38. The van der Waals surface area contributed by atoms with E-state index >= 15 is 0 Å². The van der Waals surface area contributed by atoms with Gasteiger partial charge in [0.05, 0.1) is 0 Å². The van der Waals surface area contributed by atoms with Crippen LogP contribution in [0.5, 0.6) is 0 Å². The maximum absolute atomic E-state index is 12.3. The van der Waals surface area contributed by atoms with Crippen molar-refractivity contribution < 1.29 is 4.79 Å². The Kier molecular flexibility index (Phi) is 6.43. The summed E-state index contributed by atoms with van der Waals surface area (Å²) in [5.74, 6) is 1.05. The molecule has 3 nitrogen and oxygen atoms in total. The lowest BCUT2D eigenvalue weighted by molar-refractivity contribution is -0.130. The number of carbonyl (C=O) groups is 1. The molecule has 0 aliphatic carbocycles. The van der Waals surface area contributed by atoms with E-state index in [-0.39, 0.29) is 0 Å². The summed E-state index contributed by atoms with van der Waals surface area (Å²) >= 11 is 0. The molecular formula is C25H32N2O. The first-order valence-corrected chi connectivity index (χ1v) is 10.9. The molecule has 2 aromatic rings. The van der Waals surface area contributed by atoms with E-state index in [0.717, 1.165) is 39.0 Å². The summed E-state index contributed by atoms with van der Waals surface area (Å²) in [6.07, 6.45) is 6.70. The molecule has 2 fully saturated rings. The van der Waals surface area contributed by atoms with Crippen LogP contribution >= 0.6 is 0 Å². The van der Waals surface area contributed by atoms with Crippen LogP contribution < -0.4 is 0 Å². The van der Waals surface area contributed by atoms with Crippen LogP contribution in [0.1, 0.15) is 44.1 Å². The summed E-state index contributed by atoms with van der Waals surface area (Å²) in [6, 6.07) is 19.6. The highest BCUT2D eigenvalue weighted by molar-refractivity contribution is 5.76. The van der Waals surface area contributed by atoms with Gasteiger partial charge in [0.25, 0.3) is 0 Å². The van der Waals surface area contributed by atoms with Crippen molar-refractivity contribution in [3.8, 4) is 11.1 Å². The van der Waals surface area contributed by atoms with Crippen LogP contribution in [0.3, 0.4) is 0 Å².